The SMILES string of the molecule is O=c1cc(N2CCCCC2)n(Cc2ccccc2)c2ccccc12. The molecule has 0 amide bonds. The van der Waals surface area contributed by atoms with E-state index >= 15 is 0 Å². The van der Waals surface area contributed by atoms with E-state index in [1.807, 2.05) is 30.3 Å². The second kappa shape index (κ2) is 6.52. The Kier molecular flexibility index (Phi) is 4.08. The van der Waals surface area contributed by atoms with Gasteiger partial charge in [-0.15, -0.1) is 0 Å². The minimum atomic E-state index is 0.121. The van der Waals surface area contributed by atoms with Crippen LogP contribution in [0.15, 0.2) is 65.5 Å². The summed E-state index contributed by atoms with van der Waals surface area (Å²) in [7, 11) is 0. The van der Waals surface area contributed by atoms with E-state index in [1.165, 1.54) is 24.8 Å². The summed E-state index contributed by atoms with van der Waals surface area (Å²) < 4.78 is 2.30. The molecule has 122 valence electrons. The number of aromatic nitrogens is 1. The van der Waals surface area contributed by atoms with Crippen LogP contribution in [0.5, 0.6) is 0 Å². The molecule has 4 rings (SSSR count). The van der Waals surface area contributed by atoms with Crippen molar-refractivity contribution >= 4 is 16.7 Å². The molecule has 0 N–H and O–H groups in total. The molecule has 0 saturated carbocycles. The maximum atomic E-state index is 12.6. The van der Waals surface area contributed by atoms with Crippen LogP contribution in [0, 0.1) is 0 Å². The number of nitrogens with zero attached hydrogens (tertiary/aromatic N) is 2. The molecule has 0 unspecified atom stereocenters. The molecule has 0 radical (unpaired) electrons. The van der Waals surface area contributed by atoms with Crippen molar-refractivity contribution in [3.63, 3.8) is 0 Å². The summed E-state index contributed by atoms with van der Waals surface area (Å²) in [6.07, 6.45) is 3.69. The summed E-state index contributed by atoms with van der Waals surface area (Å²) in [5.74, 6) is 1.06. The zero-order valence-electron chi connectivity index (χ0n) is 13.8. The summed E-state index contributed by atoms with van der Waals surface area (Å²) >= 11 is 0. The Labute approximate surface area is 142 Å². The first-order chi connectivity index (χ1) is 11.8. The van der Waals surface area contributed by atoms with Crippen LogP contribution in [0.2, 0.25) is 0 Å². The van der Waals surface area contributed by atoms with E-state index in [9.17, 15) is 4.79 Å². The molecular weight excluding hydrogens is 296 g/mol. The first kappa shape index (κ1) is 15.0. The van der Waals surface area contributed by atoms with Gasteiger partial charge < -0.3 is 9.47 Å². The summed E-state index contributed by atoms with van der Waals surface area (Å²) in [4.78, 5) is 15.0. The summed E-state index contributed by atoms with van der Waals surface area (Å²) in [5, 5.41) is 0.800. The third-order valence-electron chi connectivity index (χ3n) is 4.86. The number of hydrogen-bond acceptors (Lipinski definition) is 2. The fourth-order valence-corrected chi connectivity index (χ4v) is 3.63. The van der Waals surface area contributed by atoms with E-state index < -0.39 is 0 Å². The minimum absolute atomic E-state index is 0.121. The number of piperidine rings is 1. The van der Waals surface area contributed by atoms with Crippen molar-refractivity contribution in [1.82, 2.24) is 4.57 Å². The van der Waals surface area contributed by atoms with Gasteiger partial charge in [-0.2, -0.15) is 0 Å². The quantitative estimate of drug-likeness (QED) is 0.728. The van der Waals surface area contributed by atoms with Crippen LogP contribution in [-0.4, -0.2) is 17.7 Å². The lowest BCUT2D eigenvalue weighted by Crippen LogP contribution is -2.33. The molecule has 24 heavy (non-hydrogen) atoms. The van der Waals surface area contributed by atoms with Crippen LogP contribution in [-0.2, 0) is 6.54 Å². The zero-order valence-corrected chi connectivity index (χ0v) is 13.8. The van der Waals surface area contributed by atoms with Crippen LogP contribution >= 0.6 is 0 Å². The fraction of sp³-hybridized carbons (Fsp3) is 0.286. The van der Waals surface area contributed by atoms with Gasteiger partial charge in [0.05, 0.1) is 5.52 Å². The molecule has 2 aromatic carbocycles. The van der Waals surface area contributed by atoms with Crippen molar-refractivity contribution in [3.05, 3.63) is 76.5 Å². The van der Waals surface area contributed by atoms with Crippen LogP contribution < -0.4 is 10.3 Å². The van der Waals surface area contributed by atoms with E-state index in [1.54, 1.807) is 0 Å². The smallest absolute Gasteiger partial charge is 0.191 e. The molecule has 1 aromatic heterocycles. The standard InChI is InChI=1S/C21H22N2O/c24-20-15-21(22-13-7-2-8-14-22)23(16-17-9-3-1-4-10-17)19-12-6-5-11-18(19)20/h1,3-6,9-12,15H,2,7-8,13-14,16H2. The van der Waals surface area contributed by atoms with Crippen LogP contribution in [0.3, 0.4) is 0 Å². The van der Waals surface area contributed by atoms with Crippen LogP contribution in [0.4, 0.5) is 5.82 Å². The molecule has 1 saturated heterocycles. The molecule has 3 aromatic rings. The normalized spacial score (nSPS) is 14.9. The Balaban J connectivity index is 1.89. The molecule has 3 heteroatoms. The molecule has 2 heterocycles. The number of anilines is 1. The largest absolute Gasteiger partial charge is 0.358 e. The molecule has 0 spiro atoms. The van der Waals surface area contributed by atoms with Crippen molar-refractivity contribution in [1.29, 1.82) is 0 Å². The highest BCUT2D eigenvalue weighted by Gasteiger charge is 2.17. The number of rotatable bonds is 3. The van der Waals surface area contributed by atoms with Crippen molar-refractivity contribution < 1.29 is 0 Å². The second-order valence-electron chi connectivity index (χ2n) is 6.50. The molecule has 0 bridgehead atoms. The van der Waals surface area contributed by atoms with Gasteiger partial charge in [0.15, 0.2) is 5.43 Å². The summed E-state index contributed by atoms with van der Waals surface area (Å²) in [6, 6.07) is 20.3. The van der Waals surface area contributed by atoms with Gasteiger partial charge in [-0.25, -0.2) is 0 Å². The molecule has 3 nitrogen and oxygen atoms in total. The topological polar surface area (TPSA) is 25.2 Å². The Hall–Kier alpha value is -2.55. The monoisotopic (exact) mass is 318 g/mol. The Morgan fingerprint density at radius 1 is 0.833 bits per heavy atom. The van der Waals surface area contributed by atoms with Gasteiger partial charge in [0.1, 0.15) is 5.82 Å². The highest BCUT2D eigenvalue weighted by molar-refractivity contribution is 5.81. The predicted octanol–water partition coefficient (Wildman–Crippen LogP) is 4.04. The molecular formula is C21H22N2O. The van der Waals surface area contributed by atoms with Gasteiger partial charge in [-0.3, -0.25) is 4.79 Å². The fourth-order valence-electron chi connectivity index (χ4n) is 3.63. The highest BCUT2D eigenvalue weighted by atomic mass is 16.1. The van der Waals surface area contributed by atoms with Gasteiger partial charge in [-0.05, 0) is 37.0 Å². The lowest BCUT2D eigenvalue weighted by Gasteiger charge is -2.32. The first-order valence-electron chi connectivity index (χ1n) is 8.74. The molecule has 0 atom stereocenters. The van der Waals surface area contributed by atoms with Crippen molar-refractivity contribution in [2.24, 2.45) is 0 Å². The lowest BCUT2D eigenvalue weighted by molar-refractivity contribution is 0.564. The van der Waals surface area contributed by atoms with Crippen molar-refractivity contribution in [2.45, 2.75) is 25.8 Å². The molecule has 1 fully saturated rings. The van der Waals surface area contributed by atoms with Gasteiger partial charge in [0.25, 0.3) is 0 Å². The van der Waals surface area contributed by atoms with Gasteiger partial charge in [0, 0.05) is 31.1 Å². The minimum Gasteiger partial charge on any atom is -0.358 e. The number of para-hydroxylation sites is 1. The predicted molar refractivity (Wildman–Crippen MR) is 99.8 cm³/mol. The number of pyridine rings is 1. The molecule has 1 aliphatic heterocycles. The van der Waals surface area contributed by atoms with Gasteiger partial charge in [-0.1, -0.05) is 42.5 Å². The average Bonchev–Trinajstić information content (AvgIpc) is 2.65. The Bertz CT molecular complexity index is 893. The highest BCUT2D eigenvalue weighted by Crippen LogP contribution is 2.24. The molecule has 0 aliphatic carbocycles. The van der Waals surface area contributed by atoms with Crippen LogP contribution in [0.25, 0.3) is 10.9 Å². The molecule has 1 aliphatic rings. The summed E-state index contributed by atoms with van der Waals surface area (Å²) in [5.41, 5.74) is 2.40. The van der Waals surface area contributed by atoms with E-state index in [0.29, 0.717) is 0 Å². The van der Waals surface area contributed by atoms with E-state index in [2.05, 4.69) is 39.8 Å². The Morgan fingerprint density at radius 2 is 1.54 bits per heavy atom. The maximum absolute atomic E-state index is 12.6. The van der Waals surface area contributed by atoms with Crippen LogP contribution in [0.1, 0.15) is 24.8 Å². The van der Waals surface area contributed by atoms with Crippen molar-refractivity contribution in [2.75, 3.05) is 18.0 Å². The van der Waals surface area contributed by atoms with Crippen molar-refractivity contribution in [3.8, 4) is 0 Å². The maximum Gasteiger partial charge on any atom is 0.191 e. The summed E-state index contributed by atoms with van der Waals surface area (Å²) in [6.45, 7) is 2.85. The third-order valence-corrected chi connectivity index (χ3v) is 4.86. The third kappa shape index (κ3) is 2.82. The number of benzene rings is 2. The Morgan fingerprint density at radius 3 is 2.33 bits per heavy atom. The van der Waals surface area contributed by atoms with Gasteiger partial charge >= 0.3 is 0 Å². The van der Waals surface area contributed by atoms with E-state index in [4.69, 9.17) is 0 Å². The first-order valence-corrected chi connectivity index (χ1v) is 8.74. The second-order valence-corrected chi connectivity index (χ2v) is 6.50. The number of fused-ring (bicyclic) bond motifs is 1. The van der Waals surface area contributed by atoms with E-state index in [-0.39, 0.29) is 5.43 Å². The average molecular weight is 318 g/mol. The zero-order chi connectivity index (χ0) is 16.4. The number of hydrogen-bond donors (Lipinski definition) is 0. The lowest BCUT2D eigenvalue weighted by atomic mass is 10.1. The van der Waals surface area contributed by atoms with E-state index in [0.717, 1.165) is 36.4 Å². The van der Waals surface area contributed by atoms with Gasteiger partial charge in [0.2, 0.25) is 0 Å².